The van der Waals surface area contributed by atoms with Gasteiger partial charge in [0.25, 0.3) is 0 Å². The molecule has 0 unspecified atom stereocenters. The number of hydrogen-bond acceptors (Lipinski definition) is 3. The lowest BCUT2D eigenvalue weighted by atomic mass is 10.2. The normalized spacial score (nSPS) is 19.3. The second kappa shape index (κ2) is 4.16. The Morgan fingerprint density at radius 1 is 1.25 bits per heavy atom. The maximum absolute atomic E-state index is 13.3. The first-order chi connectivity index (χ1) is 9.74. The molecule has 102 valence electrons. The fraction of sp³-hybridized carbons (Fsp3) is 0.333. The van der Waals surface area contributed by atoms with E-state index in [4.69, 9.17) is 4.98 Å². The van der Waals surface area contributed by atoms with Crippen LogP contribution in [0, 0.1) is 0 Å². The number of alkyl halides is 1. The summed E-state index contributed by atoms with van der Waals surface area (Å²) in [5.41, 5.74) is 2.04. The van der Waals surface area contributed by atoms with E-state index in [1.54, 1.807) is 6.20 Å². The van der Waals surface area contributed by atoms with Crippen molar-refractivity contribution in [1.29, 1.82) is 0 Å². The molecule has 1 atom stereocenters. The van der Waals surface area contributed by atoms with Gasteiger partial charge in [0.2, 0.25) is 0 Å². The molecule has 1 aliphatic heterocycles. The zero-order valence-corrected chi connectivity index (χ0v) is 11.3. The predicted octanol–water partition coefficient (Wildman–Crippen LogP) is 2.67. The van der Waals surface area contributed by atoms with E-state index in [-0.39, 0.29) is 0 Å². The molecule has 0 N–H and O–H groups in total. The quantitative estimate of drug-likeness (QED) is 0.681. The summed E-state index contributed by atoms with van der Waals surface area (Å²) in [6.07, 6.45) is 3.52. The molecule has 1 aliphatic rings. The van der Waals surface area contributed by atoms with Crippen molar-refractivity contribution in [3.8, 4) is 0 Å². The Hall–Kier alpha value is -2.17. The lowest BCUT2D eigenvalue weighted by Crippen LogP contribution is -2.21. The Bertz CT molecular complexity index is 795. The van der Waals surface area contributed by atoms with Gasteiger partial charge in [-0.1, -0.05) is 0 Å². The molecule has 0 amide bonds. The Morgan fingerprint density at radius 2 is 2.15 bits per heavy atom. The van der Waals surface area contributed by atoms with Crippen molar-refractivity contribution in [1.82, 2.24) is 14.5 Å². The van der Waals surface area contributed by atoms with Gasteiger partial charge in [0.1, 0.15) is 17.6 Å². The molecule has 5 heteroatoms. The van der Waals surface area contributed by atoms with E-state index in [0.717, 1.165) is 34.3 Å². The van der Waals surface area contributed by atoms with Crippen LogP contribution >= 0.6 is 0 Å². The Kier molecular flexibility index (Phi) is 2.42. The Morgan fingerprint density at radius 3 is 2.95 bits per heavy atom. The van der Waals surface area contributed by atoms with Crippen LogP contribution in [0.15, 0.2) is 30.6 Å². The first-order valence-electron chi connectivity index (χ1n) is 6.82. The number of aromatic nitrogens is 3. The highest BCUT2D eigenvalue weighted by atomic mass is 18.2. The van der Waals surface area contributed by atoms with Crippen LogP contribution in [-0.4, -0.2) is 33.8 Å². The summed E-state index contributed by atoms with van der Waals surface area (Å²) in [7, 11) is 2.00. The van der Waals surface area contributed by atoms with E-state index in [1.165, 1.54) is 0 Å². The van der Waals surface area contributed by atoms with Gasteiger partial charge in [-0.15, -0.1) is 0 Å². The van der Waals surface area contributed by atoms with Gasteiger partial charge in [-0.25, -0.2) is 9.37 Å². The number of pyridine rings is 2. The molecule has 0 aromatic carbocycles. The summed E-state index contributed by atoms with van der Waals surface area (Å²) in [6, 6.07) is 6.03. The molecule has 1 saturated heterocycles. The fourth-order valence-corrected chi connectivity index (χ4v) is 3.01. The van der Waals surface area contributed by atoms with E-state index in [2.05, 4.69) is 15.6 Å². The number of halogens is 1. The number of rotatable bonds is 1. The number of hydrogen-bond donors (Lipinski definition) is 0. The number of fused-ring (bicyclic) bond motifs is 3. The van der Waals surface area contributed by atoms with Gasteiger partial charge in [-0.3, -0.25) is 4.98 Å². The van der Waals surface area contributed by atoms with E-state index < -0.39 is 6.17 Å². The summed E-state index contributed by atoms with van der Waals surface area (Å²) >= 11 is 0. The highest BCUT2D eigenvalue weighted by Crippen LogP contribution is 2.29. The third-order valence-electron chi connectivity index (χ3n) is 4.08. The highest BCUT2D eigenvalue weighted by molar-refractivity contribution is 6.06. The van der Waals surface area contributed by atoms with Gasteiger partial charge >= 0.3 is 0 Å². The van der Waals surface area contributed by atoms with Gasteiger partial charge in [0.15, 0.2) is 0 Å². The molecule has 20 heavy (non-hydrogen) atoms. The van der Waals surface area contributed by atoms with Crippen molar-refractivity contribution in [3.05, 3.63) is 30.6 Å². The Balaban J connectivity index is 1.91. The molecule has 4 rings (SSSR count). The zero-order chi connectivity index (χ0) is 13.7. The summed E-state index contributed by atoms with van der Waals surface area (Å²) in [5.74, 6) is 0.858. The van der Waals surface area contributed by atoms with Crippen molar-refractivity contribution >= 4 is 27.8 Å². The average molecular weight is 269 g/mol. The third-order valence-corrected chi connectivity index (χ3v) is 4.08. The van der Waals surface area contributed by atoms with Crippen LogP contribution in [-0.2, 0) is 7.05 Å². The smallest absolute Gasteiger partial charge is 0.143 e. The number of nitrogens with zero attached hydrogens (tertiary/aromatic N) is 4. The van der Waals surface area contributed by atoms with Gasteiger partial charge in [-0.2, -0.15) is 0 Å². The van der Waals surface area contributed by atoms with Crippen LogP contribution in [0.5, 0.6) is 0 Å². The van der Waals surface area contributed by atoms with Gasteiger partial charge < -0.3 is 9.47 Å². The van der Waals surface area contributed by atoms with Crippen LogP contribution in [0.25, 0.3) is 21.9 Å². The maximum Gasteiger partial charge on any atom is 0.143 e. The van der Waals surface area contributed by atoms with Crippen molar-refractivity contribution in [2.24, 2.45) is 7.05 Å². The van der Waals surface area contributed by atoms with Crippen LogP contribution in [0.1, 0.15) is 6.42 Å². The molecule has 4 heterocycles. The molecule has 0 radical (unpaired) electrons. The zero-order valence-electron chi connectivity index (χ0n) is 11.3. The Labute approximate surface area is 115 Å². The van der Waals surface area contributed by atoms with Crippen LogP contribution in [0.2, 0.25) is 0 Å². The van der Waals surface area contributed by atoms with Crippen molar-refractivity contribution in [2.45, 2.75) is 12.6 Å². The maximum atomic E-state index is 13.3. The van der Waals surface area contributed by atoms with Crippen molar-refractivity contribution in [3.63, 3.8) is 0 Å². The SMILES string of the molecule is Cn1c2ccncc2c2ccc(N3CC[C@H]([18F])C3)nc21. The van der Waals surface area contributed by atoms with E-state index in [1.807, 2.05) is 30.3 Å². The summed E-state index contributed by atoms with van der Waals surface area (Å²) in [5, 5.41) is 2.20. The molecule has 0 bridgehead atoms. The van der Waals surface area contributed by atoms with Crippen molar-refractivity contribution < 1.29 is 4.39 Å². The fourth-order valence-electron chi connectivity index (χ4n) is 3.01. The molecule has 4 nitrogen and oxygen atoms in total. The minimum Gasteiger partial charge on any atom is -0.354 e. The highest BCUT2D eigenvalue weighted by Gasteiger charge is 2.23. The molecule has 0 aliphatic carbocycles. The summed E-state index contributed by atoms with van der Waals surface area (Å²) in [4.78, 5) is 10.9. The first-order valence-corrected chi connectivity index (χ1v) is 6.82. The van der Waals surface area contributed by atoms with E-state index in [0.29, 0.717) is 13.0 Å². The first kappa shape index (κ1) is 11.6. The predicted molar refractivity (Wildman–Crippen MR) is 77.7 cm³/mol. The molecule has 1 fully saturated rings. The van der Waals surface area contributed by atoms with E-state index in [9.17, 15) is 4.39 Å². The minimum absolute atomic E-state index is 0.448. The van der Waals surface area contributed by atoms with Crippen LogP contribution < -0.4 is 4.90 Å². The standard InChI is InChI=1S/C15H15FN4/c1-19-13-4-6-17-8-12(13)11-2-3-14(18-15(11)19)20-7-5-10(16)9-20/h2-4,6,8,10H,5,7,9H2,1H3/t10-/m0/s1/i16-1. The second-order valence-corrected chi connectivity index (χ2v) is 5.32. The van der Waals surface area contributed by atoms with Crippen LogP contribution in [0.4, 0.5) is 10.2 Å². The monoisotopic (exact) mass is 269 g/mol. The number of aryl methyl sites for hydroxylation is 1. The molecular formula is C15H15FN4. The lowest BCUT2D eigenvalue weighted by molar-refractivity contribution is 0.364. The second-order valence-electron chi connectivity index (χ2n) is 5.32. The summed E-state index contributed by atoms with van der Waals surface area (Å²) in [6.45, 7) is 1.19. The molecule has 3 aromatic heterocycles. The van der Waals surface area contributed by atoms with Gasteiger partial charge in [0, 0.05) is 36.8 Å². The lowest BCUT2D eigenvalue weighted by Gasteiger charge is -2.16. The topological polar surface area (TPSA) is 34.0 Å². The minimum atomic E-state index is -0.732. The largest absolute Gasteiger partial charge is 0.354 e. The molecule has 3 aromatic rings. The summed E-state index contributed by atoms with van der Waals surface area (Å²) < 4.78 is 15.4. The number of anilines is 1. The third kappa shape index (κ3) is 1.59. The average Bonchev–Trinajstić information content (AvgIpc) is 3.03. The molecule has 0 saturated carbocycles. The van der Waals surface area contributed by atoms with Crippen LogP contribution in [0.3, 0.4) is 0 Å². The van der Waals surface area contributed by atoms with E-state index >= 15 is 0 Å². The van der Waals surface area contributed by atoms with Gasteiger partial charge in [0.05, 0.1) is 12.1 Å². The van der Waals surface area contributed by atoms with Gasteiger partial charge in [-0.05, 0) is 24.6 Å². The molecule has 0 spiro atoms. The molecular weight excluding hydrogens is 254 g/mol. The van der Waals surface area contributed by atoms with Crippen molar-refractivity contribution in [2.75, 3.05) is 18.0 Å².